The summed E-state index contributed by atoms with van der Waals surface area (Å²) >= 11 is 6.23. The van der Waals surface area contributed by atoms with E-state index in [0.717, 1.165) is 25.1 Å². The van der Waals surface area contributed by atoms with Crippen molar-refractivity contribution in [3.05, 3.63) is 22.5 Å². The lowest BCUT2D eigenvalue weighted by atomic mass is 10.2. The molecule has 0 saturated carbocycles. The summed E-state index contributed by atoms with van der Waals surface area (Å²) in [7, 11) is 0. The van der Waals surface area contributed by atoms with Gasteiger partial charge in [0.1, 0.15) is 5.15 Å². The number of carbonyl (C=O) groups is 2. The molecule has 1 heterocycles. The molecule has 1 aromatic heterocycles. The van der Waals surface area contributed by atoms with Gasteiger partial charge in [-0.2, -0.15) is 5.10 Å². The summed E-state index contributed by atoms with van der Waals surface area (Å²) in [4.78, 5) is 22.4. The number of nitrogens with two attached hydrogens (primary N) is 1. The quantitative estimate of drug-likeness (QED) is 0.616. The lowest BCUT2D eigenvalue weighted by Crippen LogP contribution is -2.29. The van der Waals surface area contributed by atoms with Crippen LogP contribution in [0.15, 0.2) is 6.08 Å². The molecule has 0 saturated heterocycles. The Kier molecular flexibility index (Phi) is 6.42. The van der Waals surface area contributed by atoms with E-state index in [9.17, 15) is 9.59 Å². The van der Waals surface area contributed by atoms with Gasteiger partial charge in [0.25, 0.3) is 5.91 Å². The Morgan fingerprint density at radius 2 is 2.19 bits per heavy atom. The van der Waals surface area contributed by atoms with E-state index < -0.39 is 18.0 Å². The van der Waals surface area contributed by atoms with Crippen molar-refractivity contribution in [1.29, 1.82) is 0 Å². The number of aryl methyl sites for hydroxylation is 2. The second kappa shape index (κ2) is 7.83. The third-order valence-electron chi connectivity index (χ3n) is 2.91. The Bertz CT molecular complexity index is 552. The van der Waals surface area contributed by atoms with Gasteiger partial charge in [0, 0.05) is 18.2 Å². The molecule has 0 unspecified atom stereocenters. The number of unbranched alkanes of at least 4 members (excludes halogenated alkanes) is 1. The molecule has 0 aliphatic heterocycles. The number of hydrogen-bond donors (Lipinski definition) is 1. The highest BCUT2D eigenvalue weighted by Gasteiger charge is 2.14. The van der Waals surface area contributed by atoms with E-state index in [0.29, 0.717) is 10.7 Å². The minimum Gasteiger partial charge on any atom is -0.449 e. The minimum absolute atomic E-state index is 0.480. The van der Waals surface area contributed by atoms with Crippen molar-refractivity contribution in [2.75, 3.05) is 0 Å². The predicted molar refractivity (Wildman–Crippen MR) is 80.7 cm³/mol. The summed E-state index contributed by atoms with van der Waals surface area (Å²) in [5.41, 5.74) is 6.40. The minimum atomic E-state index is -0.967. The first-order valence-electron chi connectivity index (χ1n) is 6.77. The SMILES string of the molecule is CCCCn1nc(C)c(/C=C/C(=O)O[C@@H](C)C(N)=O)c1Cl. The van der Waals surface area contributed by atoms with E-state index in [1.54, 1.807) is 4.68 Å². The highest BCUT2D eigenvalue weighted by Crippen LogP contribution is 2.21. The van der Waals surface area contributed by atoms with Gasteiger partial charge in [0.15, 0.2) is 6.10 Å². The summed E-state index contributed by atoms with van der Waals surface area (Å²) in [6.07, 6.45) is 3.79. The van der Waals surface area contributed by atoms with Crippen molar-refractivity contribution in [3.8, 4) is 0 Å². The summed E-state index contributed by atoms with van der Waals surface area (Å²) in [6, 6.07) is 0. The molecule has 0 aliphatic carbocycles. The monoisotopic (exact) mass is 313 g/mol. The first-order valence-corrected chi connectivity index (χ1v) is 7.15. The Balaban J connectivity index is 2.78. The van der Waals surface area contributed by atoms with Gasteiger partial charge in [-0.1, -0.05) is 24.9 Å². The van der Waals surface area contributed by atoms with E-state index in [2.05, 4.69) is 12.0 Å². The van der Waals surface area contributed by atoms with Crippen molar-refractivity contribution in [3.63, 3.8) is 0 Å². The Morgan fingerprint density at radius 1 is 1.52 bits per heavy atom. The number of rotatable bonds is 7. The van der Waals surface area contributed by atoms with E-state index in [-0.39, 0.29) is 0 Å². The normalized spacial score (nSPS) is 12.6. The lowest BCUT2D eigenvalue weighted by Gasteiger charge is -2.06. The number of halogens is 1. The zero-order valence-corrected chi connectivity index (χ0v) is 13.2. The number of amides is 1. The molecule has 1 atom stereocenters. The van der Waals surface area contributed by atoms with Crippen molar-refractivity contribution in [2.24, 2.45) is 5.73 Å². The van der Waals surface area contributed by atoms with Gasteiger partial charge in [-0.05, 0) is 26.3 Å². The van der Waals surface area contributed by atoms with E-state index in [1.807, 2.05) is 6.92 Å². The number of carbonyl (C=O) groups excluding carboxylic acids is 2. The predicted octanol–water partition coefficient (Wildman–Crippen LogP) is 2.08. The molecule has 0 aliphatic rings. The second-order valence-electron chi connectivity index (χ2n) is 4.68. The van der Waals surface area contributed by atoms with Crippen LogP contribution in [0.4, 0.5) is 0 Å². The van der Waals surface area contributed by atoms with Gasteiger partial charge >= 0.3 is 5.97 Å². The van der Waals surface area contributed by atoms with Crippen molar-refractivity contribution < 1.29 is 14.3 Å². The third kappa shape index (κ3) is 4.90. The van der Waals surface area contributed by atoms with Crippen LogP contribution in [-0.2, 0) is 20.9 Å². The second-order valence-corrected chi connectivity index (χ2v) is 5.04. The topological polar surface area (TPSA) is 87.2 Å². The molecular weight excluding hydrogens is 294 g/mol. The maximum Gasteiger partial charge on any atom is 0.331 e. The molecule has 0 aromatic carbocycles. The van der Waals surface area contributed by atoms with Crippen LogP contribution in [0.2, 0.25) is 5.15 Å². The zero-order valence-electron chi connectivity index (χ0n) is 12.4. The van der Waals surface area contributed by atoms with Crippen molar-refractivity contribution in [1.82, 2.24) is 9.78 Å². The zero-order chi connectivity index (χ0) is 16.0. The Hall–Kier alpha value is -1.82. The van der Waals surface area contributed by atoms with Crippen LogP contribution < -0.4 is 5.73 Å². The van der Waals surface area contributed by atoms with Crippen molar-refractivity contribution >= 4 is 29.6 Å². The fraction of sp³-hybridized carbons (Fsp3) is 0.500. The highest BCUT2D eigenvalue weighted by molar-refractivity contribution is 6.31. The summed E-state index contributed by atoms with van der Waals surface area (Å²) in [6.45, 7) is 6.04. The van der Waals surface area contributed by atoms with Gasteiger partial charge in [0.05, 0.1) is 5.69 Å². The Labute approximate surface area is 128 Å². The van der Waals surface area contributed by atoms with Gasteiger partial charge in [0.2, 0.25) is 0 Å². The first-order chi connectivity index (χ1) is 9.86. The van der Waals surface area contributed by atoms with Crippen LogP contribution in [-0.4, -0.2) is 27.8 Å². The molecule has 0 radical (unpaired) electrons. The number of aromatic nitrogens is 2. The highest BCUT2D eigenvalue weighted by atomic mass is 35.5. The number of ether oxygens (including phenoxy) is 1. The molecule has 21 heavy (non-hydrogen) atoms. The average molecular weight is 314 g/mol. The van der Waals surface area contributed by atoms with Gasteiger partial charge in [-0.15, -0.1) is 0 Å². The third-order valence-corrected chi connectivity index (χ3v) is 3.31. The molecule has 1 rings (SSSR count). The molecule has 0 fully saturated rings. The van der Waals surface area contributed by atoms with Gasteiger partial charge < -0.3 is 10.5 Å². The van der Waals surface area contributed by atoms with Crippen LogP contribution in [0.3, 0.4) is 0 Å². The van der Waals surface area contributed by atoms with Crippen molar-refractivity contribution in [2.45, 2.75) is 46.3 Å². The molecule has 1 amide bonds. The number of nitrogens with zero attached hydrogens (tertiary/aromatic N) is 2. The van der Waals surface area contributed by atoms with Crippen LogP contribution >= 0.6 is 11.6 Å². The van der Waals surface area contributed by atoms with E-state index >= 15 is 0 Å². The van der Waals surface area contributed by atoms with Crippen LogP contribution in [0, 0.1) is 6.92 Å². The largest absolute Gasteiger partial charge is 0.449 e. The Morgan fingerprint density at radius 3 is 2.76 bits per heavy atom. The van der Waals surface area contributed by atoms with Crippen LogP contribution in [0.1, 0.15) is 37.9 Å². The van der Waals surface area contributed by atoms with Gasteiger partial charge in [-0.25, -0.2) is 4.79 Å². The molecule has 7 heteroatoms. The lowest BCUT2D eigenvalue weighted by molar-refractivity contribution is -0.148. The first kappa shape index (κ1) is 17.2. The molecule has 1 aromatic rings. The molecule has 0 spiro atoms. The summed E-state index contributed by atoms with van der Waals surface area (Å²) in [5, 5.41) is 4.80. The maximum absolute atomic E-state index is 11.5. The van der Waals surface area contributed by atoms with E-state index in [1.165, 1.54) is 19.1 Å². The number of primary amides is 1. The standard InChI is InChI=1S/C14H20ClN3O3/c1-4-5-8-18-13(15)11(9(2)17-18)6-7-12(19)21-10(3)14(16)20/h6-7,10H,4-5,8H2,1-3H3,(H2,16,20)/b7-6+/t10-/m0/s1. The molecule has 0 bridgehead atoms. The molecule has 116 valence electrons. The van der Waals surface area contributed by atoms with Crippen LogP contribution in [0.25, 0.3) is 6.08 Å². The molecular formula is C14H20ClN3O3. The van der Waals surface area contributed by atoms with E-state index in [4.69, 9.17) is 22.1 Å². The molecule has 6 nitrogen and oxygen atoms in total. The van der Waals surface area contributed by atoms with Gasteiger partial charge in [-0.3, -0.25) is 9.48 Å². The smallest absolute Gasteiger partial charge is 0.331 e. The average Bonchev–Trinajstić information content (AvgIpc) is 2.68. The molecule has 2 N–H and O–H groups in total. The summed E-state index contributed by atoms with van der Waals surface area (Å²) in [5.74, 6) is -1.35. The maximum atomic E-state index is 11.5. The number of hydrogen-bond acceptors (Lipinski definition) is 4. The fourth-order valence-corrected chi connectivity index (χ4v) is 1.96. The number of esters is 1. The van der Waals surface area contributed by atoms with Crippen LogP contribution in [0.5, 0.6) is 0 Å². The fourth-order valence-electron chi connectivity index (χ4n) is 1.64. The summed E-state index contributed by atoms with van der Waals surface area (Å²) < 4.78 is 6.52.